The van der Waals surface area contributed by atoms with Gasteiger partial charge in [-0.15, -0.1) is 0 Å². The maximum atomic E-state index is 13.1. The molecule has 3 nitrogen and oxygen atoms in total. The highest BCUT2D eigenvalue weighted by molar-refractivity contribution is 6.32. The Labute approximate surface area is 97.4 Å². The van der Waals surface area contributed by atoms with Crippen molar-refractivity contribution >= 4 is 17.6 Å². The van der Waals surface area contributed by atoms with Gasteiger partial charge in [-0.3, -0.25) is 4.79 Å². The minimum Gasteiger partial charge on any atom is -0.466 e. The van der Waals surface area contributed by atoms with E-state index in [-0.39, 0.29) is 23.6 Å². The molecule has 84 valence electrons. The summed E-state index contributed by atoms with van der Waals surface area (Å²) in [5.74, 6) is -1.15. The Morgan fingerprint density at radius 2 is 2.31 bits per heavy atom. The van der Waals surface area contributed by atoms with Gasteiger partial charge in [-0.05, 0) is 18.6 Å². The van der Waals surface area contributed by atoms with Gasteiger partial charge in [0.05, 0.1) is 18.1 Å². The van der Waals surface area contributed by atoms with Gasteiger partial charge >= 0.3 is 5.97 Å². The van der Waals surface area contributed by atoms with Gasteiger partial charge in [-0.2, -0.15) is 5.26 Å². The van der Waals surface area contributed by atoms with Crippen molar-refractivity contribution in [3.63, 3.8) is 0 Å². The molecule has 0 fully saturated rings. The molecule has 0 unspecified atom stereocenters. The zero-order chi connectivity index (χ0) is 12.1. The lowest BCUT2D eigenvalue weighted by molar-refractivity contribution is -0.142. The molecule has 0 spiro atoms. The highest BCUT2D eigenvalue weighted by atomic mass is 35.5. The summed E-state index contributed by atoms with van der Waals surface area (Å²) in [7, 11) is 0. The molecular weight excluding hydrogens is 233 g/mol. The fourth-order valence-electron chi connectivity index (χ4n) is 1.20. The molecule has 1 rings (SSSR count). The molecule has 0 heterocycles. The van der Waals surface area contributed by atoms with Crippen molar-refractivity contribution in [1.82, 2.24) is 0 Å². The van der Waals surface area contributed by atoms with Gasteiger partial charge < -0.3 is 4.74 Å². The fraction of sp³-hybridized carbons (Fsp3) is 0.273. The van der Waals surface area contributed by atoms with E-state index in [9.17, 15) is 9.18 Å². The number of hydrogen-bond acceptors (Lipinski definition) is 3. The lowest BCUT2D eigenvalue weighted by Crippen LogP contribution is -2.08. The smallest absolute Gasteiger partial charge is 0.310 e. The molecule has 0 aliphatic heterocycles. The Hall–Kier alpha value is -1.60. The summed E-state index contributed by atoms with van der Waals surface area (Å²) in [5.41, 5.74) is 0.140. The van der Waals surface area contributed by atoms with Crippen LogP contribution in [0.5, 0.6) is 0 Å². The second-order valence-electron chi connectivity index (χ2n) is 2.99. The number of benzene rings is 1. The van der Waals surface area contributed by atoms with Crippen LogP contribution in [0.15, 0.2) is 12.1 Å². The van der Waals surface area contributed by atoms with Crippen LogP contribution in [-0.2, 0) is 16.0 Å². The third-order valence-corrected chi connectivity index (χ3v) is 2.35. The van der Waals surface area contributed by atoms with Crippen LogP contribution in [0, 0.1) is 17.1 Å². The minimum absolute atomic E-state index is 0.0319. The molecular formula is C11H9ClFNO2. The van der Waals surface area contributed by atoms with Crippen LogP contribution in [-0.4, -0.2) is 12.6 Å². The number of halogens is 2. The van der Waals surface area contributed by atoms with E-state index in [0.717, 1.165) is 6.07 Å². The Kier molecular flexibility index (Phi) is 4.27. The average molecular weight is 242 g/mol. The second kappa shape index (κ2) is 5.47. The van der Waals surface area contributed by atoms with E-state index in [2.05, 4.69) is 0 Å². The SMILES string of the molecule is CCOC(=O)Cc1ccc(F)c(C#N)c1Cl. The van der Waals surface area contributed by atoms with Crippen LogP contribution in [0.2, 0.25) is 5.02 Å². The number of rotatable bonds is 3. The Balaban J connectivity index is 2.99. The third-order valence-electron chi connectivity index (χ3n) is 1.92. The van der Waals surface area contributed by atoms with Crippen LogP contribution >= 0.6 is 11.6 Å². The average Bonchev–Trinajstić information content (AvgIpc) is 2.23. The van der Waals surface area contributed by atoms with Crippen molar-refractivity contribution in [2.75, 3.05) is 6.61 Å². The normalized spacial score (nSPS) is 9.62. The molecule has 0 amide bonds. The van der Waals surface area contributed by atoms with Crippen molar-refractivity contribution in [3.8, 4) is 6.07 Å². The molecule has 0 radical (unpaired) electrons. The summed E-state index contributed by atoms with van der Waals surface area (Å²) in [4.78, 5) is 11.2. The summed E-state index contributed by atoms with van der Waals surface area (Å²) in [6.45, 7) is 1.95. The Morgan fingerprint density at radius 1 is 1.62 bits per heavy atom. The van der Waals surface area contributed by atoms with E-state index in [1.807, 2.05) is 0 Å². The van der Waals surface area contributed by atoms with Crippen LogP contribution in [0.1, 0.15) is 18.1 Å². The number of esters is 1. The third kappa shape index (κ3) is 2.71. The maximum Gasteiger partial charge on any atom is 0.310 e. The number of nitriles is 1. The quantitative estimate of drug-likeness (QED) is 0.764. The Morgan fingerprint density at radius 3 is 2.88 bits per heavy atom. The second-order valence-corrected chi connectivity index (χ2v) is 3.37. The number of hydrogen-bond donors (Lipinski definition) is 0. The van der Waals surface area contributed by atoms with Gasteiger partial charge in [0.25, 0.3) is 0 Å². The van der Waals surface area contributed by atoms with Crippen molar-refractivity contribution < 1.29 is 13.9 Å². The molecule has 0 atom stereocenters. The first-order chi connectivity index (χ1) is 7.60. The molecule has 0 N–H and O–H groups in total. The summed E-state index contributed by atoms with van der Waals surface area (Å²) in [6.07, 6.45) is -0.0678. The molecule has 0 aromatic heterocycles. The summed E-state index contributed by atoms with van der Waals surface area (Å²) < 4.78 is 17.8. The summed E-state index contributed by atoms with van der Waals surface area (Å²) in [6, 6.07) is 4.13. The molecule has 0 bridgehead atoms. The maximum absolute atomic E-state index is 13.1. The predicted octanol–water partition coefficient (Wildman–Crippen LogP) is 2.46. The predicted molar refractivity (Wildman–Crippen MR) is 56.5 cm³/mol. The van der Waals surface area contributed by atoms with Gasteiger partial charge in [0.1, 0.15) is 17.4 Å². The molecule has 16 heavy (non-hydrogen) atoms. The number of nitrogens with zero attached hydrogens (tertiary/aromatic N) is 1. The van der Waals surface area contributed by atoms with E-state index in [1.54, 1.807) is 13.0 Å². The number of ether oxygens (including phenoxy) is 1. The summed E-state index contributed by atoms with van der Waals surface area (Å²) >= 11 is 5.79. The lowest BCUT2D eigenvalue weighted by Gasteiger charge is -2.05. The van der Waals surface area contributed by atoms with Crippen molar-refractivity contribution in [3.05, 3.63) is 34.1 Å². The van der Waals surface area contributed by atoms with Crippen LogP contribution in [0.4, 0.5) is 4.39 Å². The van der Waals surface area contributed by atoms with E-state index >= 15 is 0 Å². The van der Waals surface area contributed by atoms with Gasteiger partial charge in [-0.25, -0.2) is 4.39 Å². The van der Waals surface area contributed by atoms with Gasteiger partial charge in [-0.1, -0.05) is 17.7 Å². The van der Waals surface area contributed by atoms with Crippen molar-refractivity contribution in [1.29, 1.82) is 5.26 Å². The van der Waals surface area contributed by atoms with Crippen LogP contribution < -0.4 is 0 Å². The van der Waals surface area contributed by atoms with Gasteiger partial charge in [0, 0.05) is 0 Å². The molecule has 0 aliphatic carbocycles. The van der Waals surface area contributed by atoms with Crippen LogP contribution in [0.25, 0.3) is 0 Å². The van der Waals surface area contributed by atoms with E-state index in [4.69, 9.17) is 21.6 Å². The lowest BCUT2D eigenvalue weighted by atomic mass is 10.1. The van der Waals surface area contributed by atoms with Crippen LogP contribution in [0.3, 0.4) is 0 Å². The standard InChI is InChI=1S/C11H9ClFNO2/c1-2-16-10(15)5-7-3-4-9(13)8(6-14)11(7)12/h3-4H,2,5H2,1H3. The number of carbonyl (C=O) groups excluding carboxylic acids is 1. The topological polar surface area (TPSA) is 50.1 Å². The van der Waals surface area contributed by atoms with E-state index in [0.29, 0.717) is 5.56 Å². The summed E-state index contributed by atoms with van der Waals surface area (Å²) in [5, 5.41) is 8.64. The Bertz CT molecular complexity index is 454. The highest BCUT2D eigenvalue weighted by Gasteiger charge is 2.14. The van der Waals surface area contributed by atoms with Gasteiger partial charge in [0.15, 0.2) is 0 Å². The zero-order valence-corrected chi connectivity index (χ0v) is 9.34. The van der Waals surface area contributed by atoms with E-state index in [1.165, 1.54) is 6.07 Å². The van der Waals surface area contributed by atoms with Crippen molar-refractivity contribution in [2.45, 2.75) is 13.3 Å². The fourth-order valence-corrected chi connectivity index (χ4v) is 1.46. The largest absolute Gasteiger partial charge is 0.466 e. The molecule has 0 saturated carbocycles. The first-order valence-corrected chi connectivity index (χ1v) is 5.00. The molecule has 5 heteroatoms. The number of carbonyl (C=O) groups is 1. The van der Waals surface area contributed by atoms with E-state index < -0.39 is 11.8 Å². The molecule has 0 aliphatic rings. The van der Waals surface area contributed by atoms with Gasteiger partial charge in [0.2, 0.25) is 0 Å². The molecule has 1 aromatic rings. The minimum atomic E-state index is -0.694. The monoisotopic (exact) mass is 241 g/mol. The first-order valence-electron chi connectivity index (χ1n) is 4.62. The van der Waals surface area contributed by atoms with Crippen molar-refractivity contribution in [2.24, 2.45) is 0 Å². The zero-order valence-electron chi connectivity index (χ0n) is 8.59. The molecule has 1 aromatic carbocycles. The highest BCUT2D eigenvalue weighted by Crippen LogP contribution is 2.23. The molecule has 0 saturated heterocycles. The first kappa shape index (κ1) is 12.5.